The van der Waals surface area contributed by atoms with E-state index in [2.05, 4.69) is 15.5 Å². The summed E-state index contributed by atoms with van der Waals surface area (Å²) < 4.78 is 36.7. The van der Waals surface area contributed by atoms with Crippen molar-refractivity contribution in [3.63, 3.8) is 0 Å². The van der Waals surface area contributed by atoms with Crippen molar-refractivity contribution in [1.29, 1.82) is 0 Å². The minimum Gasteiger partial charge on any atom is -0.364 e. The molecule has 1 aliphatic carbocycles. The number of hydrogen-bond acceptors (Lipinski definition) is 4. The van der Waals surface area contributed by atoms with Gasteiger partial charge in [-0.2, -0.15) is 13.2 Å². The molecule has 1 heterocycles. The van der Waals surface area contributed by atoms with E-state index < -0.39 is 11.9 Å². The zero-order chi connectivity index (χ0) is 12.5. The number of halogens is 3. The standard InChI is InChI=1S/C10H13F3N4/c11-10(12,13)8-3-4-9(17-16-8)15-7(5-14)6-1-2-6/h3-4,6-7H,1-2,5,14H2,(H,15,17). The van der Waals surface area contributed by atoms with Crippen molar-refractivity contribution in [3.05, 3.63) is 17.8 Å². The van der Waals surface area contributed by atoms with E-state index in [0.29, 0.717) is 18.3 Å². The van der Waals surface area contributed by atoms with Crippen molar-refractivity contribution < 1.29 is 13.2 Å². The molecule has 0 spiro atoms. The zero-order valence-corrected chi connectivity index (χ0v) is 9.04. The summed E-state index contributed by atoms with van der Waals surface area (Å²) in [5.74, 6) is 0.837. The third kappa shape index (κ3) is 3.06. The summed E-state index contributed by atoms with van der Waals surface area (Å²) in [6, 6.07) is 2.26. The van der Waals surface area contributed by atoms with E-state index >= 15 is 0 Å². The van der Waals surface area contributed by atoms with Gasteiger partial charge in [0.15, 0.2) is 5.69 Å². The highest BCUT2D eigenvalue weighted by Gasteiger charge is 2.33. The molecule has 3 N–H and O–H groups in total. The molecule has 1 aromatic rings. The average molecular weight is 246 g/mol. The molecular formula is C10H13F3N4. The highest BCUT2D eigenvalue weighted by molar-refractivity contribution is 5.35. The number of anilines is 1. The number of nitrogens with zero attached hydrogens (tertiary/aromatic N) is 2. The van der Waals surface area contributed by atoms with Gasteiger partial charge in [0, 0.05) is 12.6 Å². The molecule has 0 saturated heterocycles. The Morgan fingerprint density at radius 2 is 2.06 bits per heavy atom. The topological polar surface area (TPSA) is 63.8 Å². The van der Waals surface area contributed by atoms with Crippen molar-refractivity contribution in [3.8, 4) is 0 Å². The van der Waals surface area contributed by atoms with Crippen molar-refractivity contribution in [2.24, 2.45) is 11.7 Å². The van der Waals surface area contributed by atoms with Gasteiger partial charge in [0.1, 0.15) is 5.82 Å². The average Bonchev–Trinajstić information content (AvgIpc) is 3.09. The zero-order valence-electron chi connectivity index (χ0n) is 9.04. The van der Waals surface area contributed by atoms with Gasteiger partial charge in [-0.15, -0.1) is 10.2 Å². The summed E-state index contributed by atoms with van der Waals surface area (Å²) in [6.45, 7) is 0.438. The molecule has 94 valence electrons. The van der Waals surface area contributed by atoms with Crippen LogP contribution in [0.4, 0.5) is 19.0 Å². The summed E-state index contributed by atoms with van der Waals surface area (Å²) in [4.78, 5) is 0. The lowest BCUT2D eigenvalue weighted by molar-refractivity contribution is -0.141. The van der Waals surface area contributed by atoms with Crippen molar-refractivity contribution >= 4 is 5.82 Å². The molecule has 1 atom stereocenters. The molecular weight excluding hydrogens is 233 g/mol. The van der Waals surface area contributed by atoms with E-state index in [1.165, 1.54) is 6.07 Å². The number of rotatable bonds is 4. The molecule has 0 radical (unpaired) electrons. The van der Waals surface area contributed by atoms with Crippen LogP contribution in [0.3, 0.4) is 0 Å². The van der Waals surface area contributed by atoms with Crippen LogP contribution in [0.25, 0.3) is 0 Å². The van der Waals surface area contributed by atoms with Crippen molar-refractivity contribution in [1.82, 2.24) is 10.2 Å². The summed E-state index contributed by atoms with van der Waals surface area (Å²) in [5.41, 5.74) is 4.58. The van der Waals surface area contributed by atoms with E-state index in [-0.39, 0.29) is 6.04 Å². The fourth-order valence-corrected chi connectivity index (χ4v) is 1.62. The van der Waals surface area contributed by atoms with E-state index in [1.807, 2.05) is 0 Å². The molecule has 0 aliphatic heterocycles. The summed E-state index contributed by atoms with van der Waals surface area (Å²) in [7, 11) is 0. The van der Waals surface area contributed by atoms with Gasteiger partial charge in [0.2, 0.25) is 0 Å². The molecule has 0 bridgehead atoms. The lowest BCUT2D eigenvalue weighted by Gasteiger charge is -2.16. The van der Waals surface area contributed by atoms with Crippen LogP contribution in [-0.4, -0.2) is 22.8 Å². The quantitative estimate of drug-likeness (QED) is 0.847. The molecule has 7 heteroatoms. The van der Waals surface area contributed by atoms with E-state index in [1.54, 1.807) is 0 Å². The van der Waals surface area contributed by atoms with Gasteiger partial charge in [-0.3, -0.25) is 0 Å². The second-order valence-corrected chi connectivity index (χ2v) is 4.13. The Morgan fingerprint density at radius 1 is 1.35 bits per heavy atom. The van der Waals surface area contributed by atoms with Crippen LogP contribution < -0.4 is 11.1 Å². The molecule has 17 heavy (non-hydrogen) atoms. The molecule has 0 amide bonds. The van der Waals surface area contributed by atoms with Crippen molar-refractivity contribution in [2.75, 3.05) is 11.9 Å². The van der Waals surface area contributed by atoms with Crippen LogP contribution in [0.2, 0.25) is 0 Å². The SMILES string of the molecule is NCC(Nc1ccc(C(F)(F)F)nn1)C1CC1. The fraction of sp³-hybridized carbons (Fsp3) is 0.600. The third-order valence-corrected chi connectivity index (χ3v) is 2.73. The molecule has 1 saturated carbocycles. The predicted molar refractivity (Wildman–Crippen MR) is 56.2 cm³/mol. The van der Waals surface area contributed by atoms with Crippen molar-refractivity contribution in [2.45, 2.75) is 25.1 Å². The van der Waals surface area contributed by atoms with Gasteiger partial charge >= 0.3 is 6.18 Å². The van der Waals surface area contributed by atoms with Gasteiger partial charge < -0.3 is 11.1 Å². The Hall–Kier alpha value is -1.37. The number of nitrogens with one attached hydrogen (secondary N) is 1. The number of nitrogens with two attached hydrogens (primary N) is 1. The van der Waals surface area contributed by atoms with E-state index in [0.717, 1.165) is 18.9 Å². The van der Waals surface area contributed by atoms with Crippen LogP contribution in [-0.2, 0) is 6.18 Å². The largest absolute Gasteiger partial charge is 0.435 e. The first kappa shape index (κ1) is 12.1. The number of hydrogen-bond donors (Lipinski definition) is 2. The molecule has 1 aromatic heterocycles. The number of aromatic nitrogens is 2. The Labute approximate surface area is 96.4 Å². The molecule has 2 rings (SSSR count). The van der Waals surface area contributed by atoms with Gasteiger partial charge in [0.05, 0.1) is 0 Å². The highest BCUT2D eigenvalue weighted by atomic mass is 19.4. The van der Waals surface area contributed by atoms with Crippen LogP contribution in [0.5, 0.6) is 0 Å². The van der Waals surface area contributed by atoms with E-state index in [4.69, 9.17) is 5.73 Å². The second-order valence-electron chi connectivity index (χ2n) is 4.13. The number of alkyl halides is 3. The van der Waals surface area contributed by atoms with Gasteiger partial charge in [0.25, 0.3) is 0 Å². The Balaban J connectivity index is 2.02. The molecule has 1 fully saturated rings. The Bertz CT molecular complexity index is 372. The monoisotopic (exact) mass is 246 g/mol. The summed E-state index contributed by atoms with van der Waals surface area (Å²) in [5, 5.41) is 9.65. The molecule has 4 nitrogen and oxygen atoms in total. The summed E-state index contributed by atoms with van der Waals surface area (Å²) >= 11 is 0. The minimum absolute atomic E-state index is 0.0704. The smallest absolute Gasteiger partial charge is 0.364 e. The lowest BCUT2D eigenvalue weighted by atomic mass is 10.2. The Morgan fingerprint density at radius 3 is 2.47 bits per heavy atom. The first-order chi connectivity index (χ1) is 8.00. The van der Waals surface area contributed by atoms with Crippen LogP contribution >= 0.6 is 0 Å². The third-order valence-electron chi connectivity index (χ3n) is 2.73. The molecule has 1 aliphatic rings. The van der Waals surface area contributed by atoms with Gasteiger partial charge in [-0.1, -0.05) is 0 Å². The van der Waals surface area contributed by atoms with Crippen LogP contribution in [0, 0.1) is 5.92 Å². The van der Waals surface area contributed by atoms with Gasteiger partial charge in [-0.25, -0.2) is 0 Å². The lowest BCUT2D eigenvalue weighted by Crippen LogP contribution is -2.31. The maximum atomic E-state index is 12.2. The maximum absolute atomic E-state index is 12.2. The minimum atomic E-state index is -4.45. The second kappa shape index (κ2) is 4.48. The normalized spacial score (nSPS) is 17.9. The highest BCUT2D eigenvalue weighted by Crippen LogP contribution is 2.33. The Kier molecular flexibility index (Phi) is 3.19. The molecule has 0 aromatic carbocycles. The van der Waals surface area contributed by atoms with Crippen LogP contribution in [0.15, 0.2) is 12.1 Å². The maximum Gasteiger partial charge on any atom is 0.435 e. The van der Waals surface area contributed by atoms with Gasteiger partial charge in [-0.05, 0) is 30.9 Å². The predicted octanol–water partition coefficient (Wildman–Crippen LogP) is 1.64. The first-order valence-electron chi connectivity index (χ1n) is 5.38. The fourth-order valence-electron chi connectivity index (χ4n) is 1.62. The van der Waals surface area contributed by atoms with Crippen LogP contribution in [0.1, 0.15) is 18.5 Å². The van der Waals surface area contributed by atoms with E-state index in [9.17, 15) is 13.2 Å². The molecule has 1 unspecified atom stereocenters. The first-order valence-corrected chi connectivity index (χ1v) is 5.38. The summed E-state index contributed by atoms with van der Waals surface area (Å²) in [6.07, 6.45) is -2.25.